The number of allylic oxidation sites excluding steroid dienone is 3. The maximum atomic E-state index is 13.6. The number of dihydropyridines is 1. The van der Waals surface area contributed by atoms with Crippen LogP contribution in [0.2, 0.25) is 0 Å². The number of methoxy groups -OCH3 is 3. The van der Waals surface area contributed by atoms with Crippen LogP contribution in [0.1, 0.15) is 42.7 Å². The molecule has 0 amide bonds. The van der Waals surface area contributed by atoms with Crippen LogP contribution >= 0.6 is 15.9 Å². The van der Waals surface area contributed by atoms with E-state index in [0.29, 0.717) is 35.4 Å². The Bertz CT molecular complexity index is 1170. The Morgan fingerprint density at radius 2 is 1.70 bits per heavy atom. The molecule has 1 aliphatic carbocycles. The summed E-state index contributed by atoms with van der Waals surface area (Å²) in [7, 11) is 4.59. The molecule has 4 rings (SSSR count). The van der Waals surface area contributed by atoms with Crippen LogP contribution in [-0.4, -0.2) is 33.1 Å². The Balaban J connectivity index is 1.79. The Hall–Kier alpha value is -3.06. The molecule has 2 aromatic rings. The van der Waals surface area contributed by atoms with Crippen molar-refractivity contribution < 1.29 is 23.8 Å². The number of rotatable bonds is 5. The van der Waals surface area contributed by atoms with Crippen LogP contribution in [0.25, 0.3) is 0 Å². The first-order valence-corrected chi connectivity index (χ1v) is 11.5. The fourth-order valence-electron chi connectivity index (χ4n) is 4.73. The zero-order valence-corrected chi connectivity index (χ0v) is 20.6. The minimum atomic E-state index is -0.514. The summed E-state index contributed by atoms with van der Waals surface area (Å²) in [5.74, 6) is 0.564. The maximum Gasteiger partial charge on any atom is 0.336 e. The predicted molar refractivity (Wildman–Crippen MR) is 128 cm³/mol. The quantitative estimate of drug-likeness (QED) is 0.569. The molecule has 0 bridgehead atoms. The van der Waals surface area contributed by atoms with Crippen molar-refractivity contribution in [2.45, 2.75) is 31.6 Å². The lowest BCUT2D eigenvalue weighted by molar-refractivity contribution is -0.136. The highest BCUT2D eigenvalue weighted by atomic mass is 79.9. The fourth-order valence-corrected chi connectivity index (χ4v) is 5.29. The number of carbonyl (C=O) groups excluding carboxylic acids is 2. The number of benzene rings is 2. The van der Waals surface area contributed by atoms with Crippen molar-refractivity contribution in [3.8, 4) is 11.5 Å². The van der Waals surface area contributed by atoms with Gasteiger partial charge in [-0.05, 0) is 70.6 Å². The van der Waals surface area contributed by atoms with E-state index in [1.165, 1.54) is 7.11 Å². The van der Waals surface area contributed by atoms with Gasteiger partial charge in [-0.3, -0.25) is 4.79 Å². The highest BCUT2D eigenvalue weighted by Crippen LogP contribution is 2.46. The van der Waals surface area contributed by atoms with E-state index < -0.39 is 11.9 Å². The summed E-state index contributed by atoms with van der Waals surface area (Å²) >= 11 is 3.53. The summed E-state index contributed by atoms with van der Waals surface area (Å²) in [6.07, 6.45) is 1.04. The first kappa shape index (κ1) is 23.1. The normalized spacial score (nSPS) is 20.2. The van der Waals surface area contributed by atoms with E-state index in [-0.39, 0.29) is 11.7 Å². The van der Waals surface area contributed by atoms with Gasteiger partial charge in [0.25, 0.3) is 0 Å². The van der Waals surface area contributed by atoms with E-state index in [2.05, 4.69) is 21.2 Å². The monoisotopic (exact) mass is 511 g/mol. The van der Waals surface area contributed by atoms with Gasteiger partial charge >= 0.3 is 5.97 Å². The molecule has 0 saturated carbocycles. The number of hydrogen-bond acceptors (Lipinski definition) is 6. The highest BCUT2D eigenvalue weighted by molar-refractivity contribution is 9.10. The average molecular weight is 512 g/mol. The lowest BCUT2D eigenvalue weighted by atomic mass is 9.71. The van der Waals surface area contributed by atoms with E-state index >= 15 is 0 Å². The van der Waals surface area contributed by atoms with Crippen LogP contribution in [0.4, 0.5) is 0 Å². The highest BCUT2D eigenvalue weighted by Gasteiger charge is 2.41. The van der Waals surface area contributed by atoms with Gasteiger partial charge in [0, 0.05) is 29.3 Å². The summed E-state index contributed by atoms with van der Waals surface area (Å²) < 4.78 is 16.5. The third kappa shape index (κ3) is 4.29. The lowest BCUT2D eigenvalue weighted by Gasteiger charge is -2.36. The number of halogens is 1. The molecular weight excluding hydrogens is 486 g/mol. The van der Waals surface area contributed by atoms with Crippen LogP contribution in [-0.2, 0) is 14.3 Å². The molecule has 6 nitrogen and oxygen atoms in total. The second-order valence-electron chi connectivity index (χ2n) is 8.18. The molecule has 2 aromatic carbocycles. The molecule has 1 aliphatic heterocycles. The van der Waals surface area contributed by atoms with Crippen molar-refractivity contribution in [3.63, 3.8) is 0 Å². The fraction of sp³-hybridized carbons (Fsp3) is 0.308. The number of Topliss-reactive ketones (excluding diaryl/α,β-unsaturated/α-hetero) is 1. The van der Waals surface area contributed by atoms with E-state index in [0.717, 1.165) is 27.0 Å². The number of hydrogen-bond donors (Lipinski definition) is 1. The molecule has 1 N–H and O–H groups in total. The molecule has 33 heavy (non-hydrogen) atoms. The van der Waals surface area contributed by atoms with E-state index in [4.69, 9.17) is 14.2 Å². The van der Waals surface area contributed by atoms with Gasteiger partial charge in [-0.2, -0.15) is 0 Å². The number of ketones is 1. The molecule has 0 unspecified atom stereocenters. The molecule has 2 atom stereocenters. The second-order valence-corrected chi connectivity index (χ2v) is 9.03. The minimum Gasteiger partial charge on any atom is -0.497 e. The van der Waals surface area contributed by atoms with Gasteiger partial charge in [0.15, 0.2) is 5.78 Å². The molecule has 0 saturated heterocycles. The van der Waals surface area contributed by atoms with Crippen molar-refractivity contribution in [2.75, 3.05) is 21.3 Å². The maximum absolute atomic E-state index is 13.6. The molecule has 172 valence electrons. The van der Waals surface area contributed by atoms with E-state index in [1.54, 1.807) is 14.2 Å². The molecule has 7 heteroatoms. The minimum absolute atomic E-state index is 0.0235. The summed E-state index contributed by atoms with van der Waals surface area (Å²) in [6, 6.07) is 13.5. The third-order valence-corrected chi connectivity index (χ3v) is 6.95. The Labute approximate surface area is 201 Å². The molecule has 1 heterocycles. The third-order valence-electron chi connectivity index (χ3n) is 6.33. The summed E-state index contributed by atoms with van der Waals surface area (Å²) in [4.78, 5) is 26.4. The second kappa shape index (κ2) is 9.43. The van der Waals surface area contributed by atoms with Gasteiger partial charge in [0.2, 0.25) is 0 Å². The van der Waals surface area contributed by atoms with Crippen molar-refractivity contribution in [3.05, 3.63) is 80.6 Å². The topological polar surface area (TPSA) is 73.9 Å². The predicted octanol–water partition coefficient (Wildman–Crippen LogP) is 5.00. The van der Waals surface area contributed by atoms with E-state index in [9.17, 15) is 9.59 Å². The molecule has 0 spiro atoms. The first-order valence-electron chi connectivity index (χ1n) is 10.7. The summed E-state index contributed by atoms with van der Waals surface area (Å²) in [6.45, 7) is 1.85. The molecule has 2 aliphatic rings. The summed E-state index contributed by atoms with van der Waals surface area (Å²) in [5.41, 5.74) is 4.54. The number of nitrogens with one attached hydrogen (secondary N) is 1. The molecule has 0 radical (unpaired) electrons. The molecule has 0 aromatic heterocycles. The van der Waals surface area contributed by atoms with Gasteiger partial charge in [0.05, 0.1) is 31.4 Å². The lowest BCUT2D eigenvalue weighted by Crippen LogP contribution is -2.36. The van der Waals surface area contributed by atoms with Crippen LogP contribution in [0, 0.1) is 0 Å². The van der Waals surface area contributed by atoms with Crippen molar-refractivity contribution in [1.82, 2.24) is 5.32 Å². The van der Waals surface area contributed by atoms with Crippen LogP contribution in [0.5, 0.6) is 11.5 Å². The zero-order chi connectivity index (χ0) is 23.7. The van der Waals surface area contributed by atoms with E-state index in [1.807, 2.05) is 49.4 Å². The Morgan fingerprint density at radius 3 is 2.30 bits per heavy atom. The van der Waals surface area contributed by atoms with Crippen molar-refractivity contribution >= 4 is 27.7 Å². The number of esters is 1. The molecule has 0 fully saturated rings. The summed E-state index contributed by atoms with van der Waals surface area (Å²) in [5, 5.41) is 3.35. The van der Waals surface area contributed by atoms with Crippen molar-refractivity contribution in [2.24, 2.45) is 0 Å². The number of ether oxygens (including phenoxy) is 3. The van der Waals surface area contributed by atoms with Gasteiger partial charge in [-0.1, -0.05) is 18.2 Å². The first-order chi connectivity index (χ1) is 15.9. The van der Waals surface area contributed by atoms with Gasteiger partial charge in [0.1, 0.15) is 11.5 Å². The Morgan fingerprint density at radius 1 is 1.00 bits per heavy atom. The average Bonchev–Trinajstić information content (AvgIpc) is 2.82. The van der Waals surface area contributed by atoms with Crippen LogP contribution in [0.3, 0.4) is 0 Å². The van der Waals surface area contributed by atoms with Gasteiger partial charge < -0.3 is 19.5 Å². The molecular formula is C26H26BrNO5. The van der Waals surface area contributed by atoms with Crippen molar-refractivity contribution in [1.29, 1.82) is 0 Å². The smallest absolute Gasteiger partial charge is 0.336 e. The number of carbonyl (C=O) groups is 2. The Kier molecular flexibility index (Phi) is 6.61. The van der Waals surface area contributed by atoms with Gasteiger partial charge in [-0.15, -0.1) is 0 Å². The SMILES string of the molecule is COC(=O)C1=C(C)NC2=C(C(=O)C[C@H](c3ccc(OC)cc3)C2)[C@H]1c1ccc(OC)c(Br)c1. The largest absolute Gasteiger partial charge is 0.497 e. The standard InChI is InChI=1S/C26H26BrNO5/c1-14-23(26(30)33-4)24(16-7-10-22(32-3)19(27)11-16)25-20(28-14)12-17(13-21(25)29)15-5-8-18(31-2)9-6-15/h5-11,17,24,28H,12-13H2,1-4H3/t17-,24+/m1/s1. The van der Waals surface area contributed by atoms with Crippen LogP contribution < -0.4 is 14.8 Å². The zero-order valence-electron chi connectivity index (χ0n) is 19.0. The van der Waals surface area contributed by atoms with Crippen LogP contribution in [0.15, 0.2) is 69.5 Å². The van der Waals surface area contributed by atoms with Gasteiger partial charge in [-0.25, -0.2) is 4.79 Å².